The Hall–Kier alpha value is -1.64. The monoisotopic (exact) mass is 339 g/mol. The van der Waals surface area contributed by atoms with Crippen LogP contribution < -0.4 is 5.32 Å². The quantitative estimate of drug-likeness (QED) is 0.712. The Morgan fingerprint density at radius 3 is 2.81 bits per heavy atom. The highest BCUT2D eigenvalue weighted by atomic mass is 35.5. The summed E-state index contributed by atoms with van der Waals surface area (Å²) in [6.07, 6.45) is 0. The number of hydrogen-bond acceptors (Lipinski definition) is 8. The summed E-state index contributed by atoms with van der Waals surface area (Å²) in [7, 11) is 1.81. The average molecular weight is 340 g/mol. The van der Waals surface area contributed by atoms with Gasteiger partial charge in [-0.1, -0.05) is 39.9 Å². The van der Waals surface area contributed by atoms with E-state index in [0.717, 1.165) is 15.0 Å². The van der Waals surface area contributed by atoms with Crippen LogP contribution in [0.3, 0.4) is 0 Å². The van der Waals surface area contributed by atoms with E-state index in [1.807, 2.05) is 19.2 Å². The molecule has 9 heteroatoms. The number of nitrogens with zero attached hydrogens (tertiary/aromatic N) is 4. The molecule has 21 heavy (non-hydrogen) atoms. The summed E-state index contributed by atoms with van der Waals surface area (Å²) in [5.41, 5.74) is 0.868. The van der Waals surface area contributed by atoms with E-state index in [1.165, 1.54) is 23.1 Å². The lowest BCUT2D eigenvalue weighted by Gasteiger charge is -1.93. The molecular formula is C12H10ClN5OS2. The Labute approximate surface area is 133 Å². The molecule has 2 aromatic heterocycles. The SMILES string of the molecule is CNc1nnc(SCc2nc(-c3ccc(Cl)cc3)no2)s1. The third kappa shape index (κ3) is 3.52. The molecule has 0 bridgehead atoms. The minimum absolute atomic E-state index is 0.547. The molecular weight excluding hydrogens is 330 g/mol. The van der Waals surface area contributed by atoms with Gasteiger partial charge in [-0.2, -0.15) is 4.98 Å². The van der Waals surface area contributed by atoms with Crippen LogP contribution in [0.4, 0.5) is 5.13 Å². The van der Waals surface area contributed by atoms with Gasteiger partial charge in [-0.3, -0.25) is 0 Å². The lowest BCUT2D eigenvalue weighted by Crippen LogP contribution is -1.84. The Bertz CT molecular complexity index is 727. The van der Waals surface area contributed by atoms with Gasteiger partial charge in [-0.15, -0.1) is 10.2 Å². The molecule has 0 unspecified atom stereocenters. The first-order valence-electron chi connectivity index (χ1n) is 5.97. The average Bonchev–Trinajstić information content (AvgIpc) is 3.15. The first-order chi connectivity index (χ1) is 10.2. The molecule has 0 aliphatic carbocycles. The van der Waals surface area contributed by atoms with Crippen molar-refractivity contribution in [3.05, 3.63) is 35.2 Å². The van der Waals surface area contributed by atoms with Crippen LogP contribution in [-0.2, 0) is 5.75 Å². The zero-order valence-electron chi connectivity index (χ0n) is 10.9. The van der Waals surface area contributed by atoms with Crippen molar-refractivity contribution in [3.63, 3.8) is 0 Å². The number of hydrogen-bond donors (Lipinski definition) is 1. The summed E-state index contributed by atoms with van der Waals surface area (Å²) in [4.78, 5) is 4.35. The van der Waals surface area contributed by atoms with Gasteiger partial charge in [0.1, 0.15) is 0 Å². The smallest absolute Gasteiger partial charge is 0.237 e. The second-order valence-electron chi connectivity index (χ2n) is 3.93. The van der Waals surface area contributed by atoms with Gasteiger partial charge in [-0.25, -0.2) is 0 Å². The predicted molar refractivity (Wildman–Crippen MR) is 83.8 cm³/mol. The molecule has 0 saturated heterocycles. The fourth-order valence-corrected chi connectivity index (χ4v) is 3.19. The number of aromatic nitrogens is 4. The highest BCUT2D eigenvalue weighted by molar-refractivity contribution is 8.00. The molecule has 0 saturated carbocycles. The van der Waals surface area contributed by atoms with E-state index in [2.05, 4.69) is 25.7 Å². The fourth-order valence-electron chi connectivity index (χ4n) is 1.52. The summed E-state index contributed by atoms with van der Waals surface area (Å²) in [6, 6.07) is 7.30. The van der Waals surface area contributed by atoms with E-state index in [4.69, 9.17) is 16.1 Å². The Kier molecular flexibility index (Phi) is 4.37. The van der Waals surface area contributed by atoms with E-state index in [0.29, 0.717) is 22.5 Å². The van der Waals surface area contributed by atoms with Gasteiger partial charge in [0.05, 0.1) is 5.75 Å². The first-order valence-corrected chi connectivity index (χ1v) is 8.15. The Balaban J connectivity index is 1.66. The maximum absolute atomic E-state index is 5.85. The molecule has 1 aromatic carbocycles. The third-order valence-corrected chi connectivity index (χ3v) is 4.82. The van der Waals surface area contributed by atoms with Crippen LogP contribution in [0.15, 0.2) is 33.1 Å². The molecule has 0 aliphatic rings. The van der Waals surface area contributed by atoms with Crippen molar-refractivity contribution in [2.24, 2.45) is 0 Å². The second kappa shape index (κ2) is 6.42. The van der Waals surface area contributed by atoms with E-state index in [-0.39, 0.29) is 0 Å². The number of anilines is 1. The number of nitrogens with one attached hydrogen (secondary N) is 1. The van der Waals surface area contributed by atoms with Crippen molar-refractivity contribution in [2.45, 2.75) is 10.1 Å². The fraction of sp³-hybridized carbons (Fsp3) is 0.167. The molecule has 6 nitrogen and oxygen atoms in total. The number of halogens is 1. The highest BCUT2D eigenvalue weighted by Crippen LogP contribution is 2.28. The highest BCUT2D eigenvalue weighted by Gasteiger charge is 2.10. The molecule has 1 N–H and O–H groups in total. The normalized spacial score (nSPS) is 10.8. The van der Waals surface area contributed by atoms with Crippen molar-refractivity contribution in [1.29, 1.82) is 0 Å². The van der Waals surface area contributed by atoms with Crippen molar-refractivity contribution < 1.29 is 4.52 Å². The van der Waals surface area contributed by atoms with E-state index in [9.17, 15) is 0 Å². The lowest BCUT2D eigenvalue weighted by atomic mass is 10.2. The number of thioether (sulfide) groups is 1. The largest absolute Gasteiger partial charge is 0.363 e. The molecule has 0 spiro atoms. The predicted octanol–water partition coefficient (Wildman–Crippen LogP) is 3.58. The van der Waals surface area contributed by atoms with Gasteiger partial charge in [0.2, 0.25) is 16.8 Å². The Morgan fingerprint density at radius 2 is 2.10 bits per heavy atom. The standard InChI is InChI=1S/C12H10ClN5OS2/c1-14-11-16-17-12(21-11)20-6-9-15-10(18-19-9)7-2-4-8(13)5-3-7/h2-5H,6H2,1H3,(H,14,16). The maximum atomic E-state index is 5.85. The van der Waals surface area contributed by atoms with E-state index in [1.54, 1.807) is 12.1 Å². The molecule has 0 amide bonds. The minimum atomic E-state index is 0.547. The summed E-state index contributed by atoms with van der Waals surface area (Å²) in [6.45, 7) is 0. The maximum Gasteiger partial charge on any atom is 0.237 e. The molecule has 0 atom stereocenters. The van der Waals surface area contributed by atoms with Crippen molar-refractivity contribution in [1.82, 2.24) is 20.3 Å². The van der Waals surface area contributed by atoms with Crippen LogP contribution in [0.25, 0.3) is 11.4 Å². The van der Waals surface area contributed by atoms with E-state index < -0.39 is 0 Å². The zero-order chi connectivity index (χ0) is 14.7. The van der Waals surface area contributed by atoms with Crippen LogP contribution in [0.5, 0.6) is 0 Å². The lowest BCUT2D eigenvalue weighted by molar-refractivity contribution is 0.391. The van der Waals surface area contributed by atoms with Gasteiger partial charge >= 0.3 is 0 Å². The van der Waals surface area contributed by atoms with E-state index >= 15 is 0 Å². The molecule has 2 heterocycles. The summed E-state index contributed by atoms with van der Waals surface area (Å²) in [5.74, 6) is 1.65. The van der Waals surface area contributed by atoms with Gasteiger partial charge in [0, 0.05) is 17.6 Å². The molecule has 3 aromatic rings. The summed E-state index contributed by atoms with van der Waals surface area (Å²) < 4.78 is 6.08. The van der Waals surface area contributed by atoms with Crippen LogP contribution in [0.2, 0.25) is 5.02 Å². The molecule has 0 fully saturated rings. The number of rotatable bonds is 5. The van der Waals surface area contributed by atoms with Gasteiger partial charge < -0.3 is 9.84 Å². The van der Waals surface area contributed by atoms with Gasteiger partial charge in [0.15, 0.2) is 4.34 Å². The van der Waals surface area contributed by atoms with Crippen LogP contribution in [0.1, 0.15) is 5.89 Å². The molecule has 108 valence electrons. The van der Waals surface area contributed by atoms with Crippen molar-refractivity contribution >= 4 is 39.8 Å². The first kappa shape index (κ1) is 14.3. The Morgan fingerprint density at radius 1 is 1.29 bits per heavy atom. The van der Waals surface area contributed by atoms with Crippen molar-refractivity contribution in [2.75, 3.05) is 12.4 Å². The molecule has 0 aliphatic heterocycles. The summed E-state index contributed by atoms with van der Waals surface area (Å²) in [5, 5.41) is 16.4. The third-order valence-electron chi connectivity index (χ3n) is 2.51. The van der Waals surface area contributed by atoms with Gasteiger partial charge in [0.25, 0.3) is 0 Å². The van der Waals surface area contributed by atoms with Crippen LogP contribution in [0, 0.1) is 0 Å². The van der Waals surface area contributed by atoms with Crippen molar-refractivity contribution in [3.8, 4) is 11.4 Å². The summed E-state index contributed by atoms with van der Waals surface area (Å²) >= 11 is 8.84. The zero-order valence-corrected chi connectivity index (χ0v) is 13.3. The molecule has 0 radical (unpaired) electrons. The second-order valence-corrected chi connectivity index (χ2v) is 6.57. The minimum Gasteiger partial charge on any atom is -0.363 e. The topological polar surface area (TPSA) is 76.7 Å². The van der Waals surface area contributed by atoms with Gasteiger partial charge in [-0.05, 0) is 24.3 Å². The number of benzene rings is 1. The molecule has 3 rings (SSSR count). The van der Waals surface area contributed by atoms with Crippen LogP contribution in [-0.4, -0.2) is 27.4 Å². The van der Waals surface area contributed by atoms with Crippen LogP contribution >= 0.6 is 34.7 Å².